The molecule has 7 heteroatoms. The Morgan fingerprint density at radius 3 is 2.60 bits per heavy atom. The summed E-state index contributed by atoms with van der Waals surface area (Å²) < 4.78 is 34.0. The van der Waals surface area contributed by atoms with Gasteiger partial charge in [0.15, 0.2) is 11.6 Å². The summed E-state index contributed by atoms with van der Waals surface area (Å²) in [4.78, 5) is 18.1. The zero-order valence-corrected chi connectivity index (χ0v) is 13.9. The molecule has 0 unspecified atom stereocenters. The normalized spacial score (nSPS) is 13.8. The predicted molar refractivity (Wildman–Crippen MR) is 91.2 cm³/mol. The number of hydrogen-bond donors (Lipinski definition) is 1. The molecule has 0 saturated carbocycles. The van der Waals surface area contributed by atoms with E-state index in [-0.39, 0.29) is 22.8 Å². The highest BCUT2D eigenvalue weighted by Gasteiger charge is 2.22. The highest BCUT2D eigenvalue weighted by molar-refractivity contribution is 6.05. The van der Waals surface area contributed by atoms with Crippen molar-refractivity contribution < 1.29 is 18.3 Å². The van der Waals surface area contributed by atoms with Crippen LogP contribution in [0.4, 0.5) is 20.2 Å². The lowest BCUT2D eigenvalue weighted by molar-refractivity contribution is 0.102. The molecular formula is C18H19F2N3O2. The van der Waals surface area contributed by atoms with Crippen LogP contribution in [-0.2, 0) is 0 Å². The Labute approximate surface area is 144 Å². The molecule has 0 bridgehead atoms. The molecule has 1 aromatic carbocycles. The number of carbonyl (C=O) groups excluding carboxylic acids is 1. The van der Waals surface area contributed by atoms with Crippen molar-refractivity contribution in [2.75, 3.05) is 29.9 Å². The molecule has 2 heterocycles. The molecule has 1 N–H and O–H groups in total. The Morgan fingerprint density at radius 1 is 1.28 bits per heavy atom. The number of rotatable bonds is 5. The Kier molecular flexibility index (Phi) is 5.11. The summed E-state index contributed by atoms with van der Waals surface area (Å²) in [5.74, 6) is -1.73. The first-order valence-corrected chi connectivity index (χ1v) is 8.23. The third-order valence-electron chi connectivity index (χ3n) is 3.99. The monoisotopic (exact) mass is 347 g/mol. The van der Waals surface area contributed by atoms with Crippen molar-refractivity contribution in [3.8, 4) is 5.88 Å². The van der Waals surface area contributed by atoms with Crippen molar-refractivity contribution in [3.05, 3.63) is 47.7 Å². The van der Waals surface area contributed by atoms with Crippen LogP contribution >= 0.6 is 0 Å². The molecule has 132 valence electrons. The number of amides is 1. The molecule has 0 atom stereocenters. The molecule has 1 aliphatic heterocycles. The van der Waals surface area contributed by atoms with Crippen LogP contribution in [0.5, 0.6) is 5.88 Å². The van der Waals surface area contributed by atoms with E-state index in [0.29, 0.717) is 19.7 Å². The molecule has 1 saturated heterocycles. The lowest BCUT2D eigenvalue weighted by atomic mass is 10.2. The van der Waals surface area contributed by atoms with Crippen molar-refractivity contribution in [1.82, 2.24) is 4.98 Å². The summed E-state index contributed by atoms with van der Waals surface area (Å²) in [6, 6.07) is 5.39. The van der Waals surface area contributed by atoms with E-state index in [1.54, 1.807) is 24.0 Å². The summed E-state index contributed by atoms with van der Waals surface area (Å²) in [6.07, 6.45) is 3.34. The van der Waals surface area contributed by atoms with Gasteiger partial charge in [-0.05, 0) is 44.0 Å². The quantitative estimate of drug-likeness (QED) is 0.898. The maximum absolute atomic E-state index is 14.3. The van der Waals surface area contributed by atoms with Crippen LogP contribution in [-0.4, -0.2) is 30.6 Å². The van der Waals surface area contributed by atoms with Gasteiger partial charge in [-0.2, -0.15) is 0 Å². The number of carbonyl (C=O) groups is 1. The Morgan fingerprint density at radius 2 is 1.96 bits per heavy atom. The van der Waals surface area contributed by atoms with E-state index in [1.807, 2.05) is 0 Å². The smallest absolute Gasteiger partial charge is 0.261 e. The lowest BCUT2D eigenvalue weighted by Crippen LogP contribution is -2.21. The third kappa shape index (κ3) is 3.70. The number of halogens is 2. The number of pyridine rings is 1. The van der Waals surface area contributed by atoms with Gasteiger partial charge in [0.25, 0.3) is 5.91 Å². The van der Waals surface area contributed by atoms with E-state index in [2.05, 4.69) is 10.3 Å². The van der Waals surface area contributed by atoms with Crippen molar-refractivity contribution >= 4 is 17.3 Å². The SMILES string of the molecule is CCOc1ncccc1C(=O)Nc1cc(F)c(N2CCCC2)c(F)c1. The number of aromatic nitrogens is 1. The molecule has 2 aromatic rings. The van der Waals surface area contributed by atoms with E-state index in [1.165, 1.54) is 6.20 Å². The second kappa shape index (κ2) is 7.46. The van der Waals surface area contributed by atoms with Gasteiger partial charge in [-0.3, -0.25) is 4.79 Å². The Hall–Kier alpha value is -2.70. The first kappa shape index (κ1) is 17.1. The standard InChI is InChI=1S/C18H19F2N3O2/c1-2-25-18-13(6-5-7-21-18)17(24)22-12-10-14(19)16(15(20)11-12)23-8-3-4-9-23/h5-7,10-11H,2-4,8-9H2,1H3,(H,22,24). The second-order valence-electron chi connectivity index (χ2n) is 5.73. The fourth-order valence-electron chi connectivity index (χ4n) is 2.89. The van der Waals surface area contributed by atoms with Crippen LogP contribution in [0.3, 0.4) is 0 Å². The summed E-state index contributed by atoms with van der Waals surface area (Å²) >= 11 is 0. The Bertz CT molecular complexity index is 754. The summed E-state index contributed by atoms with van der Waals surface area (Å²) in [5, 5.41) is 2.50. The summed E-state index contributed by atoms with van der Waals surface area (Å²) in [7, 11) is 0. The molecule has 0 aliphatic carbocycles. The molecule has 3 rings (SSSR count). The largest absolute Gasteiger partial charge is 0.477 e. The van der Waals surface area contributed by atoms with Crippen molar-refractivity contribution in [2.24, 2.45) is 0 Å². The lowest BCUT2D eigenvalue weighted by Gasteiger charge is -2.20. The average Bonchev–Trinajstić information content (AvgIpc) is 3.09. The molecule has 0 radical (unpaired) electrons. The number of benzene rings is 1. The zero-order valence-electron chi connectivity index (χ0n) is 13.9. The molecule has 0 spiro atoms. The molecule has 1 aliphatic rings. The van der Waals surface area contributed by atoms with Crippen molar-refractivity contribution in [3.63, 3.8) is 0 Å². The Balaban J connectivity index is 1.82. The van der Waals surface area contributed by atoms with Gasteiger partial charge in [0.05, 0.1) is 6.61 Å². The van der Waals surface area contributed by atoms with E-state index in [4.69, 9.17) is 4.74 Å². The van der Waals surface area contributed by atoms with Crippen LogP contribution in [0.15, 0.2) is 30.5 Å². The van der Waals surface area contributed by atoms with Gasteiger partial charge in [0.2, 0.25) is 5.88 Å². The van der Waals surface area contributed by atoms with Gasteiger partial charge in [-0.15, -0.1) is 0 Å². The predicted octanol–water partition coefficient (Wildman–Crippen LogP) is 3.61. The molecule has 25 heavy (non-hydrogen) atoms. The van der Waals surface area contributed by atoms with Crippen LogP contribution in [0.2, 0.25) is 0 Å². The summed E-state index contributed by atoms with van der Waals surface area (Å²) in [6.45, 7) is 3.39. The number of nitrogens with zero attached hydrogens (tertiary/aromatic N) is 2. The molecular weight excluding hydrogens is 328 g/mol. The van der Waals surface area contributed by atoms with Crippen LogP contribution < -0.4 is 15.0 Å². The highest BCUT2D eigenvalue weighted by Crippen LogP contribution is 2.30. The van der Waals surface area contributed by atoms with Crippen LogP contribution in [0.1, 0.15) is 30.1 Å². The van der Waals surface area contributed by atoms with E-state index in [0.717, 1.165) is 25.0 Å². The first-order valence-electron chi connectivity index (χ1n) is 8.23. The van der Waals surface area contributed by atoms with Gasteiger partial charge in [-0.1, -0.05) is 0 Å². The van der Waals surface area contributed by atoms with E-state index < -0.39 is 17.5 Å². The van der Waals surface area contributed by atoms with E-state index >= 15 is 0 Å². The number of hydrogen-bond acceptors (Lipinski definition) is 4. The van der Waals surface area contributed by atoms with Gasteiger partial charge in [0, 0.05) is 25.0 Å². The fourth-order valence-corrected chi connectivity index (χ4v) is 2.89. The van der Waals surface area contributed by atoms with E-state index in [9.17, 15) is 13.6 Å². The van der Waals surface area contributed by atoms with Crippen LogP contribution in [0.25, 0.3) is 0 Å². The minimum atomic E-state index is -0.687. The van der Waals surface area contributed by atoms with Crippen molar-refractivity contribution in [2.45, 2.75) is 19.8 Å². The maximum atomic E-state index is 14.3. The topological polar surface area (TPSA) is 54.5 Å². The van der Waals surface area contributed by atoms with Crippen LogP contribution in [0, 0.1) is 11.6 Å². The fraction of sp³-hybridized carbons (Fsp3) is 0.333. The van der Waals surface area contributed by atoms with Crippen molar-refractivity contribution in [1.29, 1.82) is 0 Å². The number of ether oxygens (including phenoxy) is 1. The van der Waals surface area contributed by atoms with Gasteiger partial charge in [0.1, 0.15) is 11.3 Å². The maximum Gasteiger partial charge on any atom is 0.261 e. The average molecular weight is 347 g/mol. The number of anilines is 2. The number of nitrogens with one attached hydrogen (secondary N) is 1. The molecule has 1 fully saturated rings. The highest BCUT2D eigenvalue weighted by atomic mass is 19.1. The third-order valence-corrected chi connectivity index (χ3v) is 3.99. The van der Waals surface area contributed by atoms with Gasteiger partial charge in [-0.25, -0.2) is 13.8 Å². The zero-order chi connectivity index (χ0) is 17.8. The summed E-state index contributed by atoms with van der Waals surface area (Å²) in [5.41, 5.74) is 0.218. The van der Waals surface area contributed by atoms with Gasteiger partial charge >= 0.3 is 0 Å². The molecule has 5 nitrogen and oxygen atoms in total. The molecule has 1 aromatic heterocycles. The second-order valence-corrected chi connectivity index (χ2v) is 5.73. The minimum Gasteiger partial charge on any atom is -0.477 e. The minimum absolute atomic E-state index is 0.0353. The molecule has 1 amide bonds. The first-order chi connectivity index (χ1) is 12.1. The van der Waals surface area contributed by atoms with Gasteiger partial charge < -0.3 is 15.0 Å².